The Balaban J connectivity index is 2.65. The van der Waals surface area contributed by atoms with Crippen molar-refractivity contribution in [3.63, 3.8) is 0 Å². The van der Waals surface area contributed by atoms with E-state index in [9.17, 15) is 5.11 Å². The molecule has 0 aliphatic rings. The summed E-state index contributed by atoms with van der Waals surface area (Å²) in [4.78, 5) is 0. The van der Waals surface area contributed by atoms with Gasteiger partial charge in [-0.3, -0.25) is 0 Å². The van der Waals surface area contributed by atoms with E-state index in [0.717, 1.165) is 23.6 Å². The van der Waals surface area contributed by atoms with Crippen molar-refractivity contribution >= 4 is 23.4 Å². The summed E-state index contributed by atoms with van der Waals surface area (Å²) in [6, 6.07) is 8.22. The van der Waals surface area contributed by atoms with Crippen LogP contribution in [0.4, 0.5) is 0 Å². The van der Waals surface area contributed by atoms with E-state index in [2.05, 4.69) is 24.4 Å². The van der Waals surface area contributed by atoms with Gasteiger partial charge in [0.25, 0.3) is 0 Å². The topological polar surface area (TPSA) is 32.3 Å². The van der Waals surface area contributed by atoms with E-state index in [1.165, 1.54) is 5.56 Å². The highest BCUT2D eigenvalue weighted by Crippen LogP contribution is 2.21. The molecule has 19 heavy (non-hydrogen) atoms. The highest BCUT2D eigenvalue weighted by atomic mass is 35.5. The van der Waals surface area contributed by atoms with Gasteiger partial charge in [0.1, 0.15) is 0 Å². The zero-order valence-electron chi connectivity index (χ0n) is 11.9. The normalized spacial score (nSPS) is 16.1. The summed E-state index contributed by atoms with van der Waals surface area (Å²) in [6.07, 6.45) is 4.17. The first-order valence-corrected chi connectivity index (χ1v) is 8.46. The van der Waals surface area contributed by atoms with E-state index in [4.69, 9.17) is 11.6 Å². The number of halogens is 1. The number of aliphatic hydroxyl groups is 1. The lowest BCUT2D eigenvalue weighted by molar-refractivity contribution is 0.0809. The van der Waals surface area contributed by atoms with Crippen LogP contribution in [-0.4, -0.2) is 29.3 Å². The molecule has 0 aliphatic heterocycles. The summed E-state index contributed by atoms with van der Waals surface area (Å²) < 4.78 is 0. The third-order valence-electron chi connectivity index (χ3n) is 3.03. The Morgan fingerprint density at radius 3 is 2.53 bits per heavy atom. The van der Waals surface area contributed by atoms with Crippen molar-refractivity contribution in [2.45, 2.75) is 38.3 Å². The van der Waals surface area contributed by atoms with Gasteiger partial charge in [-0.05, 0) is 37.3 Å². The molecule has 2 unspecified atom stereocenters. The highest BCUT2D eigenvalue weighted by Gasteiger charge is 2.21. The molecule has 108 valence electrons. The summed E-state index contributed by atoms with van der Waals surface area (Å²) in [5.41, 5.74) is 0.559. The average molecular weight is 302 g/mol. The number of hydrogen-bond donors (Lipinski definition) is 2. The second-order valence-electron chi connectivity index (χ2n) is 5.20. The van der Waals surface area contributed by atoms with Crippen molar-refractivity contribution in [3.05, 3.63) is 34.9 Å². The van der Waals surface area contributed by atoms with Gasteiger partial charge in [0.05, 0.1) is 5.60 Å². The molecular weight excluding hydrogens is 278 g/mol. The Morgan fingerprint density at radius 1 is 1.37 bits per heavy atom. The van der Waals surface area contributed by atoms with Crippen LogP contribution in [0.15, 0.2) is 24.3 Å². The van der Waals surface area contributed by atoms with E-state index in [1.54, 1.807) is 11.8 Å². The lowest BCUT2D eigenvalue weighted by Gasteiger charge is -2.27. The smallest absolute Gasteiger partial charge is 0.0833 e. The van der Waals surface area contributed by atoms with Gasteiger partial charge in [0, 0.05) is 23.4 Å². The van der Waals surface area contributed by atoms with Gasteiger partial charge in [0.15, 0.2) is 0 Å². The van der Waals surface area contributed by atoms with Crippen LogP contribution in [0.2, 0.25) is 5.02 Å². The van der Waals surface area contributed by atoms with Gasteiger partial charge in [-0.1, -0.05) is 37.1 Å². The maximum Gasteiger partial charge on any atom is 0.0833 e. The summed E-state index contributed by atoms with van der Waals surface area (Å²) in [6.45, 7) is 4.65. The first kappa shape index (κ1) is 16.8. The lowest BCUT2D eigenvalue weighted by atomic mass is 10.0. The highest BCUT2D eigenvalue weighted by molar-refractivity contribution is 7.98. The molecule has 4 heteroatoms. The van der Waals surface area contributed by atoms with Gasteiger partial charge < -0.3 is 10.4 Å². The molecule has 0 saturated carbocycles. The van der Waals surface area contributed by atoms with Crippen LogP contribution >= 0.6 is 23.4 Å². The molecule has 0 fully saturated rings. The van der Waals surface area contributed by atoms with Gasteiger partial charge >= 0.3 is 0 Å². The lowest BCUT2D eigenvalue weighted by Crippen LogP contribution is -2.41. The van der Waals surface area contributed by atoms with Crippen molar-refractivity contribution in [2.75, 3.05) is 18.6 Å². The Labute approximate surface area is 125 Å². The van der Waals surface area contributed by atoms with Crippen molar-refractivity contribution in [2.24, 2.45) is 0 Å². The fourth-order valence-corrected chi connectivity index (χ4v) is 2.93. The molecule has 0 aliphatic carbocycles. The van der Waals surface area contributed by atoms with Crippen LogP contribution in [0.3, 0.4) is 0 Å². The molecule has 0 spiro atoms. The number of nitrogens with one attached hydrogen (secondary N) is 1. The minimum absolute atomic E-state index is 0.274. The van der Waals surface area contributed by atoms with Crippen molar-refractivity contribution in [1.29, 1.82) is 0 Å². The molecule has 0 aromatic heterocycles. The molecule has 0 amide bonds. The molecule has 1 rings (SSSR count). The summed E-state index contributed by atoms with van der Waals surface area (Å²) in [7, 11) is 0. The van der Waals surface area contributed by atoms with Crippen molar-refractivity contribution < 1.29 is 5.11 Å². The molecule has 0 saturated heterocycles. The number of thioether (sulfide) groups is 1. The predicted octanol–water partition coefficient (Wildman–Crippen LogP) is 3.88. The minimum Gasteiger partial charge on any atom is -0.388 e. The van der Waals surface area contributed by atoms with Crippen LogP contribution < -0.4 is 5.32 Å². The molecule has 1 aromatic carbocycles. The van der Waals surface area contributed by atoms with Crippen molar-refractivity contribution in [1.82, 2.24) is 5.32 Å². The van der Waals surface area contributed by atoms with Gasteiger partial charge in [-0.25, -0.2) is 0 Å². The van der Waals surface area contributed by atoms with Crippen molar-refractivity contribution in [3.8, 4) is 0 Å². The quantitative estimate of drug-likeness (QED) is 0.764. The predicted molar refractivity (Wildman–Crippen MR) is 86.1 cm³/mol. The maximum atomic E-state index is 10.2. The van der Waals surface area contributed by atoms with Gasteiger partial charge in [-0.15, -0.1) is 0 Å². The van der Waals surface area contributed by atoms with Crippen LogP contribution in [0, 0.1) is 0 Å². The van der Waals surface area contributed by atoms with Gasteiger partial charge in [0.2, 0.25) is 0 Å². The van der Waals surface area contributed by atoms with Crippen LogP contribution in [-0.2, 0) is 0 Å². The van der Waals surface area contributed by atoms with E-state index in [-0.39, 0.29) is 6.04 Å². The molecule has 2 N–H and O–H groups in total. The number of rotatable bonds is 8. The fraction of sp³-hybridized carbons (Fsp3) is 0.600. The molecule has 2 atom stereocenters. The van der Waals surface area contributed by atoms with Crippen LogP contribution in [0.5, 0.6) is 0 Å². The molecule has 1 aromatic rings. The third-order valence-corrected chi connectivity index (χ3v) is 4.20. The molecule has 0 bridgehead atoms. The standard InChI is InChI=1S/C15H24ClNOS/c1-4-5-14(12-6-8-13(16)9-7-12)17-10-15(2,18)11-19-3/h6-9,14,17-18H,4-5,10-11H2,1-3H3. The Morgan fingerprint density at radius 2 is 2.00 bits per heavy atom. The van der Waals surface area contributed by atoms with Crippen LogP contribution in [0.1, 0.15) is 38.3 Å². The third kappa shape index (κ3) is 6.17. The molecule has 0 radical (unpaired) electrons. The number of hydrogen-bond acceptors (Lipinski definition) is 3. The zero-order valence-corrected chi connectivity index (χ0v) is 13.5. The number of benzene rings is 1. The Bertz CT molecular complexity index is 367. The summed E-state index contributed by atoms with van der Waals surface area (Å²) in [5, 5.41) is 14.5. The maximum absolute atomic E-state index is 10.2. The molecular formula is C15H24ClNOS. The first-order chi connectivity index (χ1) is 8.98. The molecule has 0 heterocycles. The van der Waals surface area contributed by atoms with Crippen LogP contribution in [0.25, 0.3) is 0 Å². The SMILES string of the molecule is CCCC(NCC(C)(O)CSC)c1ccc(Cl)cc1. The summed E-state index contributed by atoms with van der Waals surface area (Å²) >= 11 is 7.59. The van der Waals surface area contributed by atoms with E-state index < -0.39 is 5.60 Å². The van der Waals surface area contributed by atoms with Gasteiger partial charge in [-0.2, -0.15) is 11.8 Å². The Hall–Kier alpha value is -0.220. The Kier molecular flexibility index (Phi) is 7.22. The second-order valence-corrected chi connectivity index (χ2v) is 6.51. The molecule has 2 nitrogen and oxygen atoms in total. The largest absolute Gasteiger partial charge is 0.388 e. The monoisotopic (exact) mass is 301 g/mol. The minimum atomic E-state index is -0.669. The van der Waals surface area contributed by atoms with E-state index in [1.807, 2.05) is 25.3 Å². The van der Waals surface area contributed by atoms with E-state index >= 15 is 0 Å². The van der Waals surface area contributed by atoms with E-state index in [0.29, 0.717) is 6.54 Å². The fourth-order valence-electron chi connectivity index (χ4n) is 2.08. The average Bonchev–Trinajstić information content (AvgIpc) is 2.35. The first-order valence-electron chi connectivity index (χ1n) is 6.68. The zero-order chi connectivity index (χ0) is 14.3. The second kappa shape index (κ2) is 8.15. The summed E-state index contributed by atoms with van der Waals surface area (Å²) in [5.74, 6) is 0.736.